The van der Waals surface area contributed by atoms with E-state index in [4.69, 9.17) is 4.74 Å². The Morgan fingerprint density at radius 3 is 3.00 bits per heavy atom. The first-order valence-electron chi connectivity index (χ1n) is 4.67. The van der Waals surface area contributed by atoms with E-state index in [9.17, 15) is 9.59 Å². The van der Waals surface area contributed by atoms with E-state index in [1.807, 2.05) is 0 Å². The van der Waals surface area contributed by atoms with Gasteiger partial charge in [-0.15, -0.1) is 0 Å². The molecule has 1 saturated carbocycles. The number of hydrogen-bond acceptors (Lipinski definition) is 3. The fraction of sp³-hybridized carbons (Fsp3) is 0.778. The number of nitrogens with one attached hydrogen (secondary N) is 1. The van der Waals surface area contributed by atoms with Crippen LogP contribution in [0, 0.1) is 5.41 Å². The number of hydrogen-bond donors (Lipinski definition) is 1. The Morgan fingerprint density at radius 2 is 2.54 bits per heavy atom. The van der Waals surface area contributed by atoms with E-state index in [-0.39, 0.29) is 17.9 Å². The monoisotopic (exact) mass is 183 g/mol. The van der Waals surface area contributed by atoms with Crippen LogP contribution in [0.2, 0.25) is 0 Å². The average molecular weight is 183 g/mol. The van der Waals surface area contributed by atoms with Crippen molar-refractivity contribution >= 4 is 11.9 Å². The van der Waals surface area contributed by atoms with Crippen molar-refractivity contribution in [1.82, 2.24) is 5.32 Å². The molecule has 0 spiro atoms. The standard InChI is InChI=1S/C9H13NO3/c1-2-13-8(12)9-4-3-6(5-9)10-7(9)11/h6H,2-5H2,1H3,(H,10,11)/t6-,9-/m0/s1. The Bertz CT molecular complexity index is 264. The van der Waals surface area contributed by atoms with Crippen LogP contribution in [0.15, 0.2) is 0 Å². The van der Waals surface area contributed by atoms with Crippen LogP contribution in [0.5, 0.6) is 0 Å². The molecule has 0 radical (unpaired) electrons. The van der Waals surface area contributed by atoms with E-state index < -0.39 is 5.41 Å². The summed E-state index contributed by atoms with van der Waals surface area (Å²) in [4.78, 5) is 23.0. The molecular formula is C9H13NO3. The van der Waals surface area contributed by atoms with Crippen LogP contribution in [0.4, 0.5) is 0 Å². The van der Waals surface area contributed by atoms with Gasteiger partial charge in [0, 0.05) is 6.04 Å². The molecule has 0 aromatic carbocycles. The maximum atomic E-state index is 11.6. The van der Waals surface area contributed by atoms with E-state index in [0.29, 0.717) is 19.4 Å². The molecule has 2 fully saturated rings. The smallest absolute Gasteiger partial charge is 0.321 e. The summed E-state index contributed by atoms with van der Waals surface area (Å²) in [6.07, 6.45) is 2.19. The number of amides is 1. The molecule has 0 aromatic rings. The first-order valence-corrected chi connectivity index (χ1v) is 4.67. The van der Waals surface area contributed by atoms with Gasteiger partial charge in [0.2, 0.25) is 5.91 Å². The average Bonchev–Trinajstić information content (AvgIpc) is 2.62. The minimum atomic E-state index is -0.833. The van der Waals surface area contributed by atoms with E-state index in [1.165, 1.54) is 0 Å². The Labute approximate surface area is 76.6 Å². The summed E-state index contributed by atoms with van der Waals surface area (Å²) in [6.45, 7) is 2.10. The second-order valence-corrected chi connectivity index (χ2v) is 3.72. The third-order valence-corrected chi connectivity index (χ3v) is 2.95. The second-order valence-electron chi connectivity index (χ2n) is 3.72. The number of piperidine rings is 1. The van der Waals surface area contributed by atoms with Crippen LogP contribution in [0.1, 0.15) is 26.2 Å². The summed E-state index contributed by atoms with van der Waals surface area (Å²) in [5, 5.41) is 2.79. The molecule has 1 aliphatic carbocycles. The van der Waals surface area contributed by atoms with Crippen molar-refractivity contribution in [3.63, 3.8) is 0 Å². The number of ether oxygens (including phenoxy) is 1. The minimum Gasteiger partial charge on any atom is -0.465 e. The Hall–Kier alpha value is -1.06. The Morgan fingerprint density at radius 1 is 1.77 bits per heavy atom. The van der Waals surface area contributed by atoms with Crippen molar-refractivity contribution < 1.29 is 14.3 Å². The predicted molar refractivity (Wildman–Crippen MR) is 44.8 cm³/mol. The topological polar surface area (TPSA) is 55.4 Å². The predicted octanol–water partition coefficient (Wildman–Crippen LogP) is 0.218. The molecule has 1 amide bonds. The summed E-state index contributed by atoms with van der Waals surface area (Å²) < 4.78 is 4.92. The fourth-order valence-corrected chi connectivity index (χ4v) is 2.25. The van der Waals surface area contributed by atoms with Crippen molar-refractivity contribution in [1.29, 1.82) is 0 Å². The van der Waals surface area contributed by atoms with E-state index in [1.54, 1.807) is 6.92 Å². The van der Waals surface area contributed by atoms with Gasteiger partial charge in [0.1, 0.15) is 5.41 Å². The lowest BCUT2D eigenvalue weighted by atomic mass is 9.87. The van der Waals surface area contributed by atoms with Gasteiger partial charge in [0.05, 0.1) is 6.61 Å². The van der Waals surface area contributed by atoms with Crippen molar-refractivity contribution in [2.24, 2.45) is 5.41 Å². The van der Waals surface area contributed by atoms with Crippen molar-refractivity contribution in [2.45, 2.75) is 32.2 Å². The molecule has 1 N–H and O–H groups in total. The van der Waals surface area contributed by atoms with Crippen molar-refractivity contribution in [2.75, 3.05) is 6.61 Å². The third kappa shape index (κ3) is 1.04. The lowest BCUT2D eigenvalue weighted by Crippen LogP contribution is -2.42. The number of carbonyl (C=O) groups is 2. The van der Waals surface area contributed by atoms with Crippen LogP contribution in [-0.2, 0) is 14.3 Å². The highest BCUT2D eigenvalue weighted by Crippen LogP contribution is 2.44. The first kappa shape index (κ1) is 8.53. The van der Waals surface area contributed by atoms with Crippen LogP contribution < -0.4 is 5.32 Å². The van der Waals surface area contributed by atoms with Crippen LogP contribution in [0.3, 0.4) is 0 Å². The van der Waals surface area contributed by atoms with Gasteiger partial charge >= 0.3 is 5.97 Å². The Kier molecular flexibility index (Phi) is 1.78. The van der Waals surface area contributed by atoms with Gasteiger partial charge in [0.25, 0.3) is 0 Å². The molecule has 1 heterocycles. The van der Waals surface area contributed by atoms with Gasteiger partial charge in [-0.1, -0.05) is 0 Å². The summed E-state index contributed by atoms with van der Waals surface area (Å²) >= 11 is 0. The van der Waals surface area contributed by atoms with Crippen LogP contribution in [0.25, 0.3) is 0 Å². The van der Waals surface area contributed by atoms with Gasteiger partial charge in [0.15, 0.2) is 0 Å². The molecule has 4 nitrogen and oxygen atoms in total. The Balaban J connectivity index is 2.19. The van der Waals surface area contributed by atoms with E-state index in [0.717, 1.165) is 6.42 Å². The van der Waals surface area contributed by atoms with Gasteiger partial charge in [-0.05, 0) is 26.2 Å². The van der Waals surface area contributed by atoms with Crippen LogP contribution in [-0.4, -0.2) is 24.5 Å². The number of rotatable bonds is 2. The second kappa shape index (κ2) is 2.72. The zero-order valence-electron chi connectivity index (χ0n) is 7.63. The number of carbonyl (C=O) groups excluding carboxylic acids is 2. The third-order valence-electron chi connectivity index (χ3n) is 2.95. The molecule has 2 rings (SSSR count). The maximum absolute atomic E-state index is 11.6. The summed E-state index contributed by atoms with van der Waals surface area (Å²) in [7, 11) is 0. The van der Waals surface area contributed by atoms with Gasteiger partial charge in [-0.2, -0.15) is 0 Å². The highest BCUT2D eigenvalue weighted by atomic mass is 16.5. The molecule has 13 heavy (non-hydrogen) atoms. The van der Waals surface area contributed by atoms with Gasteiger partial charge in [-0.25, -0.2) is 0 Å². The van der Waals surface area contributed by atoms with Gasteiger partial charge in [-0.3, -0.25) is 9.59 Å². The summed E-state index contributed by atoms with van der Waals surface area (Å²) in [6, 6.07) is 0.205. The summed E-state index contributed by atoms with van der Waals surface area (Å²) in [5.41, 5.74) is -0.833. The SMILES string of the molecule is CCOC(=O)[C@@]12CC[C@@H](C1)NC2=O. The van der Waals surface area contributed by atoms with E-state index in [2.05, 4.69) is 5.32 Å². The molecule has 0 aromatic heterocycles. The molecule has 72 valence electrons. The fourth-order valence-electron chi connectivity index (χ4n) is 2.25. The molecule has 1 saturated heterocycles. The maximum Gasteiger partial charge on any atom is 0.321 e. The molecule has 2 atom stereocenters. The zero-order chi connectivity index (χ0) is 9.47. The molecule has 0 unspecified atom stereocenters. The highest BCUT2D eigenvalue weighted by Gasteiger charge is 2.58. The lowest BCUT2D eigenvalue weighted by Gasteiger charge is -2.21. The normalized spacial score (nSPS) is 36.1. The highest BCUT2D eigenvalue weighted by molar-refractivity contribution is 6.05. The van der Waals surface area contributed by atoms with E-state index >= 15 is 0 Å². The molecular weight excluding hydrogens is 170 g/mol. The van der Waals surface area contributed by atoms with Crippen molar-refractivity contribution in [3.8, 4) is 0 Å². The summed E-state index contributed by atoms with van der Waals surface area (Å²) in [5.74, 6) is -0.477. The van der Waals surface area contributed by atoms with Crippen LogP contribution >= 0.6 is 0 Å². The van der Waals surface area contributed by atoms with Gasteiger partial charge < -0.3 is 10.1 Å². The first-order chi connectivity index (χ1) is 6.19. The molecule has 1 aliphatic heterocycles. The minimum absolute atomic E-state index is 0.137. The molecule has 2 bridgehead atoms. The lowest BCUT2D eigenvalue weighted by molar-refractivity contribution is -0.159. The largest absolute Gasteiger partial charge is 0.465 e. The molecule has 2 aliphatic rings. The zero-order valence-corrected chi connectivity index (χ0v) is 7.63. The molecule has 4 heteroatoms. The number of esters is 1. The quantitative estimate of drug-likeness (QED) is 0.492. The van der Waals surface area contributed by atoms with Crippen molar-refractivity contribution in [3.05, 3.63) is 0 Å². The number of fused-ring (bicyclic) bond motifs is 2.